The number of aromatic carboxylic acids is 1. The molecule has 2 amide bonds. The Balaban J connectivity index is 0.000000179. The van der Waals surface area contributed by atoms with Crippen molar-refractivity contribution in [2.45, 2.75) is 134 Å². The normalized spacial score (nSPS) is 15.0. The minimum atomic E-state index is -0.940. The lowest BCUT2D eigenvalue weighted by Crippen LogP contribution is -2.37. The van der Waals surface area contributed by atoms with Crippen LogP contribution in [-0.4, -0.2) is 176 Å². The number of carboxylic acid groups (broad SMARTS) is 1. The molecule has 8 aromatic carbocycles. The van der Waals surface area contributed by atoms with E-state index in [0.29, 0.717) is 75.0 Å². The van der Waals surface area contributed by atoms with Crippen LogP contribution in [0, 0.1) is 13.8 Å². The van der Waals surface area contributed by atoms with E-state index in [0.717, 1.165) is 222 Å². The van der Waals surface area contributed by atoms with Gasteiger partial charge in [0.1, 0.15) is 53.5 Å². The fraction of sp³-hybridized carbons (Fsp3) is 0.409. The van der Waals surface area contributed by atoms with Crippen molar-refractivity contribution in [3.05, 3.63) is 254 Å². The minimum absolute atomic E-state index is 0. The van der Waals surface area contributed by atoms with Gasteiger partial charge >= 0.3 is 5.97 Å². The van der Waals surface area contributed by atoms with Crippen LogP contribution in [0.5, 0.6) is 40.2 Å². The Hall–Kier alpha value is -10.0. The average molecular weight is 1540 g/mol. The molecular formula is C93H118N6O14. The molecule has 113 heavy (non-hydrogen) atoms. The molecule has 0 saturated carbocycles. The first-order valence-corrected chi connectivity index (χ1v) is 39.0. The fourth-order valence-electron chi connectivity index (χ4n) is 14.4. The van der Waals surface area contributed by atoms with E-state index < -0.39 is 5.97 Å². The van der Waals surface area contributed by atoms with E-state index in [1.807, 2.05) is 143 Å². The van der Waals surface area contributed by atoms with Crippen molar-refractivity contribution < 1.29 is 67.6 Å². The van der Waals surface area contributed by atoms with Gasteiger partial charge in [-0.2, -0.15) is 0 Å². The van der Waals surface area contributed by atoms with E-state index in [2.05, 4.69) is 57.4 Å². The lowest BCUT2D eigenvalue weighted by atomic mass is 9.98. The van der Waals surface area contributed by atoms with Crippen LogP contribution in [0.3, 0.4) is 0 Å². The zero-order chi connectivity index (χ0) is 78.2. The molecule has 14 rings (SSSR count). The zero-order valence-electron chi connectivity index (χ0n) is 65.5. The van der Waals surface area contributed by atoms with Crippen molar-refractivity contribution in [2.24, 2.45) is 0 Å². The summed E-state index contributed by atoms with van der Waals surface area (Å²) < 4.78 is 46.4. The van der Waals surface area contributed by atoms with Crippen LogP contribution in [0.2, 0.25) is 0 Å². The maximum atomic E-state index is 13.7. The van der Waals surface area contributed by atoms with Gasteiger partial charge in [0, 0.05) is 125 Å². The first kappa shape index (κ1) is 86.9. The quantitative estimate of drug-likeness (QED) is 0.0352. The number of nitrogens with zero attached hydrogens (tertiary/aromatic N) is 5. The maximum absolute atomic E-state index is 13.7. The smallest absolute Gasteiger partial charge is 0.335 e. The van der Waals surface area contributed by atoms with Crippen LogP contribution in [-0.2, 0) is 66.7 Å². The predicted molar refractivity (Wildman–Crippen MR) is 447 cm³/mol. The Morgan fingerprint density at radius 3 is 1.26 bits per heavy atom. The number of amides is 2. The second-order valence-electron chi connectivity index (χ2n) is 29.4. The van der Waals surface area contributed by atoms with E-state index in [-0.39, 0.29) is 55.2 Å². The van der Waals surface area contributed by atoms with Crippen LogP contribution in [0.4, 0.5) is 0 Å². The van der Waals surface area contributed by atoms with E-state index in [1.54, 1.807) is 30.0 Å². The number of nitrogens with one attached hydrogen (secondary N) is 1. The van der Waals surface area contributed by atoms with Crippen LogP contribution in [0.15, 0.2) is 165 Å². The topological polar surface area (TPSA) is 214 Å². The van der Waals surface area contributed by atoms with Gasteiger partial charge in [0.15, 0.2) is 0 Å². The SMILES string of the molecule is C.C.C=C(C)c1cc(C(=O)N2Cc3cccc(OCCCN4CCOCC4)c3C2)c(C)cc1OCc1ccccc1.C=C(C)c1cc(C(=O)O)c(C)cc1OCc1ccccc1.CC(C)c1cc(C(=O)N2Cc3cccc(OCCCN4CCOCC4)c3C2)c(O)cc1O.c1cc2c(c(OCCCN3CCOCC3)c1)CNC2. The molecule has 0 atom stereocenters. The van der Waals surface area contributed by atoms with Gasteiger partial charge < -0.3 is 68.3 Å². The number of carbonyl (C=O) groups excluding carboxylic acids is 2. The summed E-state index contributed by atoms with van der Waals surface area (Å²) in [6, 6.07) is 48.5. The number of morpholine rings is 3. The summed E-state index contributed by atoms with van der Waals surface area (Å²) in [7, 11) is 0. The molecule has 20 heteroatoms. The third kappa shape index (κ3) is 24.3. The molecule has 6 aliphatic heterocycles. The monoisotopic (exact) mass is 1540 g/mol. The number of hydrogen-bond acceptors (Lipinski definition) is 17. The van der Waals surface area contributed by atoms with Gasteiger partial charge in [-0.05, 0) is 157 Å². The van der Waals surface area contributed by atoms with Crippen molar-refractivity contribution >= 4 is 28.9 Å². The van der Waals surface area contributed by atoms with Crippen LogP contribution in [0.25, 0.3) is 11.1 Å². The summed E-state index contributed by atoms with van der Waals surface area (Å²) in [4.78, 5) is 49.0. The van der Waals surface area contributed by atoms with Gasteiger partial charge in [-0.15, -0.1) is 0 Å². The number of fused-ring (bicyclic) bond motifs is 3. The van der Waals surface area contributed by atoms with Gasteiger partial charge in [0.25, 0.3) is 11.8 Å². The first-order valence-electron chi connectivity index (χ1n) is 39.0. The molecule has 0 unspecified atom stereocenters. The van der Waals surface area contributed by atoms with E-state index in [1.165, 1.54) is 17.2 Å². The van der Waals surface area contributed by atoms with Gasteiger partial charge in [-0.1, -0.05) is 139 Å². The number of hydrogen-bond donors (Lipinski definition) is 4. The van der Waals surface area contributed by atoms with Gasteiger partial charge in [-0.25, -0.2) is 4.79 Å². The summed E-state index contributed by atoms with van der Waals surface area (Å²) >= 11 is 0. The number of benzene rings is 8. The predicted octanol–water partition coefficient (Wildman–Crippen LogP) is 16.3. The summed E-state index contributed by atoms with van der Waals surface area (Å²) in [6.45, 7) is 40.5. The molecule has 6 aliphatic rings. The summed E-state index contributed by atoms with van der Waals surface area (Å²) in [6.07, 6.45) is 2.98. The lowest BCUT2D eigenvalue weighted by molar-refractivity contribution is 0.0357. The molecule has 0 spiro atoms. The fourth-order valence-corrected chi connectivity index (χ4v) is 14.4. The highest BCUT2D eigenvalue weighted by molar-refractivity contribution is 5.98. The maximum Gasteiger partial charge on any atom is 0.335 e. The summed E-state index contributed by atoms with van der Waals surface area (Å²) in [5, 5.41) is 33.0. The number of rotatable bonds is 27. The van der Waals surface area contributed by atoms with Crippen molar-refractivity contribution in [1.29, 1.82) is 0 Å². The summed E-state index contributed by atoms with van der Waals surface area (Å²) in [5.74, 6) is 2.83. The first-order chi connectivity index (χ1) is 53.8. The number of phenols is 2. The van der Waals surface area contributed by atoms with Crippen molar-refractivity contribution in [3.63, 3.8) is 0 Å². The highest BCUT2D eigenvalue weighted by Gasteiger charge is 2.32. The van der Waals surface area contributed by atoms with Crippen molar-refractivity contribution in [3.8, 4) is 40.2 Å². The molecular weight excluding hydrogens is 1430 g/mol. The molecule has 0 radical (unpaired) electrons. The largest absolute Gasteiger partial charge is 0.508 e. The van der Waals surface area contributed by atoms with Gasteiger partial charge in [0.2, 0.25) is 0 Å². The third-order valence-electron chi connectivity index (χ3n) is 20.7. The standard InChI is InChI=1S/C33H38N2O4.C25H32N2O5.C18H18O3.C15H22N2O2.2CH4/c1-24(2)28-20-29(25(3)19-32(28)39-23-26-9-5-4-6-10-26)33(36)35-21-27-11-7-12-31(30(27)22-35)38-16-8-13-34-14-17-37-18-15-34;1-17(2)19-13-20(23(29)14-22(19)28)25(30)27-15-18-5-3-6-24(21(18)16-27)32-10-4-7-26-8-11-31-12-9-26;1-12(2)15-10-16(18(19)20)13(3)9-17(15)21-11-14-7-5-4-6-8-14;1-3-13-11-16-12-14(13)15(4-1)19-8-2-5-17-6-9-18-10-7-17;;/h4-7,9-12,19-20H,1,8,13-18,21-23H2,2-3H3;3,5-6,13-14,17,28-29H,4,7-12,15-16H2,1-2H3;4-10H,1,11H2,2-3H3,(H,19,20);1,3-4,16H,2,5-12H2;2*1H4. The zero-order valence-corrected chi connectivity index (χ0v) is 65.5. The molecule has 3 fully saturated rings. The number of aromatic hydroxyl groups is 2. The number of ether oxygens (including phenoxy) is 8. The number of phenolic OH excluding ortho intramolecular Hbond substituents is 2. The van der Waals surface area contributed by atoms with Crippen LogP contribution >= 0.6 is 0 Å². The molecule has 604 valence electrons. The average Bonchev–Trinajstić information content (AvgIpc) is 1.68. The molecule has 0 aromatic heterocycles. The third-order valence-corrected chi connectivity index (χ3v) is 20.7. The lowest BCUT2D eigenvalue weighted by Gasteiger charge is -2.26. The Morgan fingerprint density at radius 2 is 0.841 bits per heavy atom. The number of aryl methyl sites for hydroxylation is 2. The number of allylic oxidation sites excluding steroid dienone is 2. The molecule has 4 N–H and O–H groups in total. The van der Waals surface area contributed by atoms with Crippen LogP contribution < -0.4 is 29.0 Å². The van der Waals surface area contributed by atoms with E-state index >= 15 is 0 Å². The summed E-state index contributed by atoms with van der Waals surface area (Å²) in [5.41, 5.74) is 15.8. The highest BCUT2D eigenvalue weighted by Crippen LogP contribution is 2.39. The molecule has 3 saturated heterocycles. The highest BCUT2D eigenvalue weighted by atomic mass is 16.5. The Bertz CT molecular complexity index is 4460. The van der Waals surface area contributed by atoms with Crippen LogP contribution in [0.1, 0.15) is 171 Å². The number of carbonyl (C=O) groups is 3. The molecule has 0 bridgehead atoms. The van der Waals surface area contributed by atoms with E-state index in [9.17, 15) is 29.7 Å². The second-order valence-corrected chi connectivity index (χ2v) is 29.4. The Kier molecular flexibility index (Phi) is 33.3. The molecule has 0 aliphatic carbocycles. The minimum Gasteiger partial charge on any atom is -0.508 e. The Morgan fingerprint density at radius 1 is 0.442 bits per heavy atom. The molecule has 6 heterocycles. The van der Waals surface area contributed by atoms with Gasteiger partial charge in [0.05, 0.1) is 83.7 Å². The molecule has 20 nitrogen and oxygen atoms in total. The van der Waals surface area contributed by atoms with E-state index in [4.69, 9.17) is 37.9 Å². The van der Waals surface area contributed by atoms with Crippen molar-refractivity contribution in [2.75, 3.05) is 118 Å². The second kappa shape index (κ2) is 43.3. The van der Waals surface area contributed by atoms with Crippen molar-refractivity contribution in [1.82, 2.24) is 29.8 Å². The number of carboxylic acids is 1. The Labute approximate surface area is 669 Å². The molecule has 8 aromatic rings. The van der Waals surface area contributed by atoms with Gasteiger partial charge in [-0.3, -0.25) is 24.3 Å².